The van der Waals surface area contributed by atoms with Gasteiger partial charge in [-0.05, 0) is 63.5 Å². The van der Waals surface area contributed by atoms with Gasteiger partial charge in [-0.1, -0.05) is 66.7 Å². The lowest BCUT2D eigenvalue weighted by Gasteiger charge is -2.32. The van der Waals surface area contributed by atoms with E-state index in [0.717, 1.165) is 67.4 Å². The van der Waals surface area contributed by atoms with Crippen LogP contribution in [-0.4, -0.2) is 40.5 Å². The zero-order valence-corrected chi connectivity index (χ0v) is 22.5. The van der Waals surface area contributed by atoms with Gasteiger partial charge in [-0.3, -0.25) is 14.7 Å². The van der Waals surface area contributed by atoms with Gasteiger partial charge in [-0.25, -0.2) is 0 Å². The molecular weight excluding hydrogens is 479 g/mol. The summed E-state index contributed by atoms with van der Waals surface area (Å²) in [7, 11) is -0.391. The molecule has 1 amide bonds. The molecule has 1 aromatic carbocycles. The second-order valence-electron chi connectivity index (χ2n) is 10.9. The first-order valence-electron chi connectivity index (χ1n) is 12.6. The highest BCUT2D eigenvalue weighted by Gasteiger charge is 2.52. The molecule has 0 unspecified atom stereocenters. The highest BCUT2D eigenvalue weighted by Crippen LogP contribution is 2.39. The summed E-state index contributed by atoms with van der Waals surface area (Å²) in [5, 5.41) is 0.703. The number of hydrogen-bond acceptors (Lipinski definition) is 4. The predicted octanol–water partition coefficient (Wildman–Crippen LogP) is 5.51. The maximum atomic E-state index is 13.6. The molecular formula is C26H38BBrN2O3. The fourth-order valence-electron chi connectivity index (χ4n) is 5.13. The summed E-state index contributed by atoms with van der Waals surface area (Å²) in [6, 6.07) is 6.41. The molecule has 33 heavy (non-hydrogen) atoms. The summed E-state index contributed by atoms with van der Waals surface area (Å²) in [5.74, 6) is 1.20. The van der Waals surface area contributed by atoms with Crippen LogP contribution in [0.4, 0.5) is 0 Å². The Labute approximate surface area is 208 Å². The van der Waals surface area contributed by atoms with E-state index in [4.69, 9.17) is 14.3 Å². The molecule has 2 fully saturated rings. The minimum atomic E-state index is -0.498. The van der Waals surface area contributed by atoms with Crippen LogP contribution < -0.4 is 5.46 Å². The average Bonchev–Trinajstić information content (AvgIpc) is 3.15. The Morgan fingerprint density at radius 2 is 1.76 bits per heavy atom. The van der Waals surface area contributed by atoms with E-state index in [1.54, 1.807) is 0 Å². The van der Waals surface area contributed by atoms with Crippen LogP contribution in [0.15, 0.2) is 23.2 Å². The van der Waals surface area contributed by atoms with E-state index in [1.807, 2.05) is 4.90 Å². The number of amidine groups is 1. The summed E-state index contributed by atoms with van der Waals surface area (Å²) in [6.07, 6.45) is 8.24. The lowest BCUT2D eigenvalue weighted by Crippen LogP contribution is -2.43. The lowest BCUT2D eigenvalue weighted by molar-refractivity contribution is -0.132. The van der Waals surface area contributed by atoms with Gasteiger partial charge < -0.3 is 9.31 Å². The molecule has 1 aromatic rings. The van der Waals surface area contributed by atoms with Crippen molar-refractivity contribution in [2.45, 2.75) is 115 Å². The summed E-state index contributed by atoms with van der Waals surface area (Å²) in [4.78, 5) is 20.6. The van der Waals surface area contributed by atoms with Crippen LogP contribution in [0.5, 0.6) is 0 Å². The molecule has 2 aliphatic heterocycles. The van der Waals surface area contributed by atoms with Crippen molar-refractivity contribution in [2.75, 3.05) is 0 Å². The van der Waals surface area contributed by atoms with Crippen molar-refractivity contribution >= 4 is 40.3 Å². The molecule has 0 atom stereocenters. The largest absolute Gasteiger partial charge is 0.495 e. The first-order chi connectivity index (χ1) is 15.6. The van der Waals surface area contributed by atoms with Gasteiger partial charge in [0.1, 0.15) is 11.4 Å². The van der Waals surface area contributed by atoms with E-state index in [9.17, 15) is 4.79 Å². The minimum Gasteiger partial charge on any atom is -0.399 e. The van der Waals surface area contributed by atoms with Crippen molar-refractivity contribution in [1.82, 2.24) is 4.90 Å². The molecule has 0 radical (unpaired) electrons. The van der Waals surface area contributed by atoms with Gasteiger partial charge in [-0.15, -0.1) is 0 Å². The van der Waals surface area contributed by atoms with Gasteiger partial charge in [0.25, 0.3) is 5.91 Å². The molecule has 1 saturated heterocycles. The van der Waals surface area contributed by atoms with Gasteiger partial charge >= 0.3 is 7.12 Å². The maximum Gasteiger partial charge on any atom is 0.495 e. The second kappa shape index (κ2) is 9.46. The van der Waals surface area contributed by atoms with Crippen molar-refractivity contribution < 1.29 is 14.1 Å². The van der Waals surface area contributed by atoms with Crippen molar-refractivity contribution in [3.8, 4) is 0 Å². The minimum absolute atomic E-state index is 0.212. The van der Waals surface area contributed by atoms with Crippen molar-refractivity contribution in [3.05, 3.63) is 29.3 Å². The molecule has 4 rings (SSSR count). The monoisotopic (exact) mass is 516 g/mol. The highest BCUT2D eigenvalue weighted by molar-refractivity contribution is 9.08. The number of hydrogen-bond donors (Lipinski definition) is 0. The van der Waals surface area contributed by atoms with Crippen LogP contribution in [-0.2, 0) is 26.0 Å². The van der Waals surface area contributed by atoms with E-state index in [1.165, 1.54) is 6.42 Å². The second-order valence-corrected chi connectivity index (χ2v) is 11.4. The third-order valence-corrected chi connectivity index (χ3v) is 8.54. The Bertz CT molecular complexity index is 908. The molecule has 2 heterocycles. The zero-order chi connectivity index (χ0) is 23.9. The SMILES string of the molecule is CCCCC1=NC2(CCCCC2)C(=O)N1Cc1ccc(B2OC(C)(C)C(C)(C)O2)c(CBr)c1. The third-order valence-electron chi connectivity index (χ3n) is 7.93. The molecule has 3 aliphatic rings. The Kier molecular flexibility index (Phi) is 7.15. The number of alkyl halides is 1. The van der Waals surface area contributed by atoms with E-state index < -0.39 is 12.7 Å². The van der Waals surface area contributed by atoms with E-state index in [2.05, 4.69) is 68.7 Å². The number of amides is 1. The van der Waals surface area contributed by atoms with Crippen LogP contribution in [0, 0.1) is 0 Å². The molecule has 1 aliphatic carbocycles. The Morgan fingerprint density at radius 1 is 1.09 bits per heavy atom. The quantitative estimate of drug-likeness (QED) is 0.354. The first-order valence-corrected chi connectivity index (χ1v) is 13.7. The van der Waals surface area contributed by atoms with Gasteiger partial charge in [0.15, 0.2) is 0 Å². The molecule has 1 spiro atoms. The van der Waals surface area contributed by atoms with Crippen molar-refractivity contribution in [1.29, 1.82) is 0 Å². The van der Waals surface area contributed by atoms with Gasteiger partial charge in [-0.2, -0.15) is 0 Å². The van der Waals surface area contributed by atoms with Crippen LogP contribution in [0.2, 0.25) is 0 Å². The topological polar surface area (TPSA) is 51.1 Å². The fourth-order valence-corrected chi connectivity index (χ4v) is 5.62. The van der Waals surface area contributed by atoms with Crippen LogP contribution in [0.3, 0.4) is 0 Å². The van der Waals surface area contributed by atoms with Crippen LogP contribution >= 0.6 is 15.9 Å². The number of rotatable bonds is 7. The standard InChI is InChI=1S/C26H38BBrN2O3/c1-6-7-11-22-29-26(14-9-8-10-15-26)23(31)30(22)18-19-12-13-21(20(16-19)17-28)27-32-24(2,3)25(4,5)33-27/h12-13,16H,6-11,14-15,17-18H2,1-5H3. The van der Waals surface area contributed by atoms with Gasteiger partial charge in [0.2, 0.25) is 0 Å². The number of unbranched alkanes of at least 4 members (excludes halogenated alkanes) is 1. The third kappa shape index (κ3) is 4.70. The molecule has 7 heteroatoms. The molecule has 0 aromatic heterocycles. The molecule has 1 saturated carbocycles. The fraction of sp³-hybridized carbons (Fsp3) is 0.692. The Morgan fingerprint density at radius 3 is 2.36 bits per heavy atom. The molecule has 5 nitrogen and oxygen atoms in total. The summed E-state index contributed by atoms with van der Waals surface area (Å²) >= 11 is 3.66. The molecule has 180 valence electrons. The molecule has 0 N–H and O–H groups in total. The summed E-state index contributed by atoms with van der Waals surface area (Å²) in [5.41, 5.74) is 2.06. The summed E-state index contributed by atoms with van der Waals surface area (Å²) < 4.78 is 12.6. The zero-order valence-electron chi connectivity index (χ0n) is 20.9. The van der Waals surface area contributed by atoms with E-state index in [-0.39, 0.29) is 17.1 Å². The normalized spacial score (nSPS) is 23.5. The number of carbonyl (C=O) groups excluding carboxylic acids is 1. The van der Waals surface area contributed by atoms with Gasteiger partial charge in [0, 0.05) is 11.8 Å². The lowest BCUT2D eigenvalue weighted by atomic mass is 9.76. The van der Waals surface area contributed by atoms with E-state index in [0.29, 0.717) is 11.9 Å². The van der Waals surface area contributed by atoms with Crippen LogP contribution in [0.1, 0.15) is 97.1 Å². The van der Waals surface area contributed by atoms with Crippen molar-refractivity contribution in [2.24, 2.45) is 4.99 Å². The number of aliphatic imine (C=N–C) groups is 1. The Balaban J connectivity index is 1.57. The van der Waals surface area contributed by atoms with Crippen LogP contribution in [0.25, 0.3) is 0 Å². The van der Waals surface area contributed by atoms with E-state index >= 15 is 0 Å². The number of benzene rings is 1. The smallest absolute Gasteiger partial charge is 0.399 e. The predicted molar refractivity (Wildman–Crippen MR) is 138 cm³/mol. The highest BCUT2D eigenvalue weighted by atomic mass is 79.9. The average molecular weight is 517 g/mol. The number of halogens is 1. The first kappa shape index (κ1) is 24.9. The maximum absolute atomic E-state index is 13.6. The number of nitrogens with zero attached hydrogens (tertiary/aromatic N) is 2. The summed E-state index contributed by atoms with van der Waals surface area (Å²) in [6.45, 7) is 11.1. The molecule has 0 bridgehead atoms. The van der Waals surface area contributed by atoms with Crippen molar-refractivity contribution in [3.63, 3.8) is 0 Å². The number of carbonyl (C=O) groups is 1. The Hall–Kier alpha value is -1.18. The van der Waals surface area contributed by atoms with Gasteiger partial charge in [0.05, 0.1) is 17.7 Å².